The first kappa shape index (κ1) is 38.9. The Morgan fingerprint density at radius 1 is 0.970 bits per heavy atom. The first-order valence-corrected chi connectivity index (χ1v) is 13.9. The van der Waals surface area contributed by atoms with Gasteiger partial charge in [0.2, 0.25) is 0 Å². The largest absolute Gasteiger partial charge is 0.675 e. The molecule has 0 amide bonds. The molecule has 5 unspecified atom stereocenters. The fourth-order valence-corrected chi connectivity index (χ4v) is 6.38. The maximum absolute atomic E-state index is 7.98. The van der Waals surface area contributed by atoms with Crippen molar-refractivity contribution in [2.24, 2.45) is 39.2 Å². The second kappa shape index (κ2) is 17.8. The molecule has 4 nitrogen and oxygen atoms in total. The fourth-order valence-electron chi connectivity index (χ4n) is 6.38. The zero-order chi connectivity index (χ0) is 25.8. The van der Waals surface area contributed by atoms with E-state index in [-0.39, 0.29) is 38.8 Å². The molecule has 2 aliphatic carbocycles. The number of nitrogens with one attached hydrogen (secondary N) is 1. The number of hydrogen-bond acceptors (Lipinski definition) is 3. The molecular formula is C27H60N2O2PY-. The minimum Gasteiger partial charge on any atom is -0.675 e. The molecule has 0 saturated heterocycles. The van der Waals surface area contributed by atoms with E-state index in [0.29, 0.717) is 34.2 Å². The molecule has 2 rings (SSSR count). The Morgan fingerprint density at radius 2 is 1.45 bits per heavy atom. The summed E-state index contributed by atoms with van der Waals surface area (Å²) in [7, 11) is 2.42. The van der Waals surface area contributed by atoms with E-state index in [0.717, 1.165) is 31.7 Å². The van der Waals surface area contributed by atoms with Crippen LogP contribution in [0.25, 0.3) is 5.73 Å². The van der Waals surface area contributed by atoms with Gasteiger partial charge in [-0.05, 0) is 72.1 Å². The minimum absolute atomic E-state index is 0. The van der Waals surface area contributed by atoms with Gasteiger partial charge < -0.3 is 11.5 Å². The van der Waals surface area contributed by atoms with Crippen LogP contribution in [0.15, 0.2) is 0 Å². The third-order valence-corrected chi connectivity index (χ3v) is 7.22. The van der Waals surface area contributed by atoms with Crippen molar-refractivity contribution in [2.75, 3.05) is 19.8 Å². The van der Waals surface area contributed by atoms with Crippen LogP contribution >= 0.6 is 9.24 Å². The molecule has 1 radical (unpaired) electrons. The van der Waals surface area contributed by atoms with Gasteiger partial charge in [-0.2, -0.15) is 0 Å². The predicted octanol–water partition coefficient (Wildman–Crippen LogP) is 8.45. The Hall–Kier alpha value is 1.37. The maximum Gasteiger partial charge on any atom is 0.0817 e. The summed E-state index contributed by atoms with van der Waals surface area (Å²) in [6.07, 6.45) is 8.29. The van der Waals surface area contributed by atoms with Crippen LogP contribution in [0.4, 0.5) is 0 Å². The summed E-state index contributed by atoms with van der Waals surface area (Å²) in [5.41, 5.74) is 15.5. The summed E-state index contributed by atoms with van der Waals surface area (Å²) >= 11 is 0. The SMILES string of the molecule is CC(C)C1(C)CC([NH-])CC(C)(C)C1.CC1CC(C)(C)CC(C)(CN)C1.CCCOO.CP.[Y]. The van der Waals surface area contributed by atoms with Crippen LogP contribution in [0.3, 0.4) is 0 Å². The molecule has 0 aromatic rings. The molecule has 0 bridgehead atoms. The van der Waals surface area contributed by atoms with E-state index in [1.165, 1.54) is 25.7 Å². The minimum atomic E-state index is 0. The fraction of sp³-hybridized carbons (Fsp3) is 1.00. The average Bonchev–Trinajstić information content (AvgIpc) is 2.61. The van der Waals surface area contributed by atoms with Crippen molar-refractivity contribution < 1.29 is 42.9 Å². The molecule has 33 heavy (non-hydrogen) atoms. The van der Waals surface area contributed by atoms with Crippen molar-refractivity contribution in [3.05, 3.63) is 5.73 Å². The van der Waals surface area contributed by atoms with Crippen LogP contribution < -0.4 is 5.73 Å². The third-order valence-electron chi connectivity index (χ3n) is 7.22. The summed E-state index contributed by atoms with van der Waals surface area (Å²) in [4.78, 5) is 3.69. The second-order valence-electron chi connectivity index (χ2n) is 13.0. The second-order valence-corrected chi connectivity index (χ2v) is 13.0. The van der Waals surface area contributed by atoms with Gasteiger partial charge >= 0.3 is 0 Å². The molecular weight excluding hydrogens is 504 g/mol. The molecule has 0 aromatic heterocycles. The van der Waals surface area contributed by atoms with E-state index in [2.05, 4.69) is 76.4 Å². The van der Waals surface area contributed by atoms with Gasteiger partial charge in [0, 0.05) is 32.7 Å². The molecule has 4 N–H and O–H groups in total. The smallest absolute Gasteiger partial charge is 0.0817 e. The number of nitrogens with two attached hydrogens (primary N) is 1. The zero-order valence-electron chi connectivity index (χ0n) is 24.2. The Morgan fingerprint density at radius 3 is 1.76 bits per heavy atom. The Bertz CT molecular complexity index is 489. The molecule has 0 spiro atoms. The van der Waals surface area contributed by atoms with Gasteiger partial charge in [0.15, 0.2) is 0 Å². The van der Waals surface area contributed by atoms with Gasteiger partial charge in [0.25, 0.3) is 0 Å². The summed E-state index contributed by atoms with van der Waals surface area (Å²) in [5, 5.41) is 7.57. The summed E-state index contributed by atoms with van der Waals surface area (Å²) in [5.74, 6) is 1.56. The van der Waals surface area contributed by atoms with Crippen molar-refractivity contribution in [3.8, 4) is 0 Å². The van der Waals surface area contributed by atoms with Crippen LogP contribution in [0.2, 0.25) is 0 Å². The van der Waals surface area contributed by atoms with Crippen molar-refractivity contribution in [1.29, 1.82) is 0 Å². The van der Waals surface area contributed by atoms with Crippen LogP contribution in [-0.4, -0.2) is 31.1 Å². The van der Waals surface area contributed by atoms with E-state index >= 15 is 0 Å². The van der Waals surface area contributed by atoms with E-state index in [1.807, 2.05) is 13.6 Å². The Labute approximate surface area is 235 Å². The van der Waals surface area contributed by atoms with Gasteiger partial charge in [-0.25, -0.2) is 4.89 Å². The maximum atomic E-state index is 7.98. The molecule has 0 heterocycles. The van der Waals surface area contributed by atoms with Crippen LogP contribution in [0.1, 0.15) is 114 Å². The Kier molecular flexibility index (Phi) is 20.9. The van der Waals surface area contributed by atoms with Crippen molar-refractivity contribution in [2.45, 2.75) is 120 Å². The van der Waals surface area contributed by atoms with Crippen molar-refractivity contribution in [1.82, 2.24) is 0 Å². The normalized spacial score (nSPS) is 32.0. The van der Waals surface area contributed by atoms with Gasteiger partial charge in [0.1, 0.15) is 0 Å². The van der Waals surface area contributed by atoms with Gasteiger partial charge in [-0.3, -0.25) is 5.26 Å². The van der Waals surface area contributed by atoms with Crippen LogP contribution in [0, 0.1) is 33.5 Å². The molecule has 0 aliphatic heterocycles. The summed E-state index contributed by atoms with van der Waals surface area (Å²) < 4.78 is 0. The molecule has 0 aromatic carbocycles. The third kappa shape index (κ3) is 16.7. The van der Waals surface area contributed by atoms with Gasteiger partial charge in [0.05, 0.1) is 6.61 Å². The molecule has 6 heteroatoms. The molecule has 2 saturated carbocycles. The van der Waals surface area contributed by atoms with Crippen LogP contribution in [0.5, 0.6) is 0 Å². The van der Waals surface area contributed by atoms with Crippen molar-refractivity contribution in [3.63, 3.8) is 0 Å². The Balaban J connectivity index is -0.000000419. The topological polar surface area (TPSA) is 79.3 Å². The van der Waals surface area contributed by atoms with Gasteiger partial charge in [-0.15, -0.1) is 15.3 Å². The first-order valence-electron chi connectivity index (χ1n) is 12.8. The van der Waals surface area contributed by atoms with Crippen LogP contribution in [-0.2, 0) is 37.6 Å². The standard InChI is InChI=1S/C12H24N.C11H23N.C3H8O2.CH5P.Y/c1-9(2)12(5)7-10(13)6-11(3,4)8-12;1-9-5-10(2,3)7-11(4,6-9)8-12;1-2-3-5-4;1-2;/h9-10,13H,6-8H2,1-5H3;9H,5-8,12H2,1-4H3;4H,2-3H2,1H3;2H2,1H3;/q-1;;;;. The summed E-state index contributed by atoms with van der Waals surface area (Å²) in [6.45, 7) is 26.2. The first-order chi connectivity index (χ1) is 14.5. The summed E-state index contributed by atoms with van der Waals surface area (Å²) in [6, 6.07) is 0.163. The molecule has 2 fully saturated rings. The van der Waals surface area contributed by atoms with E-state index < -0.39 is 0 Å². The molecule has 2 aliphatic rings. The zero-order valence-corrected chi connectivity index (χ0v) is 28.2. The quantitative estimate of drug-likeness (QED) is 0.204. The van der Waals surface area contributed by atoms with Gasteiger partial charge in [-0.1, -0.05) is 88.7 Å². The monoisotopic (exact) mass is 564 g/mol. The average molecular weight is 565 g/mol. The number of hydrogen-bond donors (Lipinski definition) is 2. The number of rotatable bonds is 4. The van der Waals surface area contributed by atoms with Crippen molar-refractivity contribution >= 4 is 9.24 Å². The predicted molar refractivity (Wildman–Crippen MR) is 147 cm³/mol. The van der Waals surface area contributed by atoms with E-state index in [9.17, 15) is 0 Å². The van der Waals surface area contributed by atoms with E-state index in [1.54, 1.807) is 0 Å². The van der Waals surface area contributed by atoms with E-state index in [4.69, 9.17) is 16.7 Å². The molecule has 199 valence electrons. The molecule has 5 atom stereocenters.